The summed E-state index contributed by atoms with van der Waals surface area (Å²) in [6.45, 7) is 0.382. The van der Waals surface area contributed by atoms with Crippen LogP contribution >= 0.6 is 15.9 Å². The molecule has 5 heteroatoms. The van der Waals surface area contributed by atoms with Crippen molar-refractivity contribution < 1.29 is 8.78 Å². The van der Waals surface area contributed by atoms with Crippen molar-refractivity contribution in [2.45, 2.75) is 6.54 Å². The number of nitrogens with one attached hydrogen (secondary N) is 1. The molecule has 0 saturated heterocycles. The number of benzene rings is 1. The van der Waals surface area contributed by atoms with Crippen LogP contribution in [-0.4, -0.2) is 4.98 Å². The summed E-state index contributed by atoms with van der Waals surface area (Å²) in [7, 11) is 0. The third-order valence-corrected chi connectivity index (χ3v) is 2.63. The van der Waals surface area contributed by atoms with E-state index >= 15 is 0 Å². The highest BCUT2D eigenvalue weighted by Gasteiger charge is 2.06. The van der Waals surface area contributed by atoms with Crippen molar-refractivity contribution >= 4 is 21.6 Å². The Morgan fingerprint density at radius 2 is 2.06 bits per heavy atom. The quantitative estimate of drug-likeness (QED) is 0.934. The Morgan fingerprint density at radius 1 is 1.24 bits per heavy atom. The summed E-state index contributed by atoms with van der Waals surface area (Å²) in [6.07, 6.45) is 3.32. The normalized spacial score (nSPS) is 10.3. The molecule has 1 aromatic heterocycles. The van der Waals surface area contributed by atoms with Crippen LogP contribution < -0.4 is 5.32 Å². The van der Waals surface area contributed by atoms with Gasteiger partial charge in [-0.05, 0) is 39.7 Å². The van der Waals surface area contributed by atoms with E-state index in [0.717, 1.165) is 16.1 Å². The third-order valence-electron chi connectivity index (χ3n) is 2.20. The molecule has 2 rings (SSSR count). The molecule has 0 atom stereocenters. The minimum Gasteiger partial charge on any atom is -0.378 e. The van der Waals surface area contributed by atoms with Crippen molar-refractivity contribution in [3.05, 3.63) is 58.3 Å². The highest BCUT2D eigenvalue weighted by Crippen LogP contribution is 2.18. The topological polar surface area (TPSA) is 24.9 Å². The van der Waals surface area contributed by atoms with Crippen molar-refractivity contribution in [3.8, 4) is 0 Å². The Labute approximate surface area is 106 Å². The summed E-state index contributed by atoms with van der Waals surface area (Å²) in [6, 6.07) is 5.89. The zero-order valence-corrected chi connectivity index (χ0v) is 10.3. The van der Waals surface area contributed by atoms with Crippen molar-refractivity contribution in [1.29, 1.82) is 0 Å². The maximum atomic E-state index is 13.3. The van der Waals surface area contributed by atoms with E-state index in [2.05, 4.69) is 26.2 Å². The fourth-order valence-electron chi connectivity index (χ4n) is 1.39. The highest BCUT2D eigenvalue weighted by molar-refractivity contribution is 9.10. The third kappa shape index (κ3) is 3.00. The molecule has 0 amide bonds. The molecule has 1 aromatic carbocycles. The first-order chi connectivity index (χ1) is 8.16. The molecular formula is C12H9BrF2N2. The number of hydrogen-bond donors (Lipinski definition) is 1. The molecule has 0 aliphatic carbocycles. The van der Waals surface area contributed by atoms with Crippen LogP contribution in [-0.2, 0) is 6.54 Å². The molecule has 0 spiro atoms. The Hall–Kier alpha value is -1.49. The number of nitrogens with zero attached hydrogens (tertiary/aromatic N) is 1. The van der Waals surface area contributed by atoms with Gasteiger partial charge in [0, 0.05) is 23.4 Å². The predicted octanol–water partition coefficient (Wildman–Crippen LogP) is 3.73. The van der Waals surface area contributed by atoms with Crippen LogP contribution in [0.25, 0.3) is 0 Å². The van der Waals surface area contributed by atoms with E-state index in [-0.39, 0.29) is 5.69 Å². The molecule has 0 bridgehead atoms. The minimum absolute atomic E-state index is 0.143. The number of hydrogen-bond acceptors (Lipinski definition) is 2. The SMILES string of the molecule is Fc1cccc(NCc2cncc(Br)c2)c1F. The van der Waals surface area contributed by atoms with Gasteiger partial charge in [-0.15, -0.1) is 0 Å². The summed E-state index contributed by atoms with van der Waals surface area (Å²) >= 11 is 3.29. The fraction of sp³-hybridized carbons (Fsp3) is 0.0833. The van der Waals surface area contributed by atoms with Crippen LogP contribution in [0.15, 0.2) is 41.1 Å². The lowest BCUT2D eigenvalue weighted by Crippen LogP contribution is -2.02. The largest absolute Gasteiger partial charge is 0.378 e. The molecule has 0 aliphatic heterocycles. The first-order valence-electron chi connectivity index (χ1n) is 4.94. The van der Waals surface area contributed by atoms with Gasteiger partial charge >= 0.3 is 0 Å². The maximum absolute atomic E-state index is 13.3. The van der Waals surface area contributed by atoms with E-state index in [1.165, 1.54) is 12.1 Å². The molecule has 1 N–H and O–H groups in total. The van der Waals surface area contributed by atoms with Gasteiger partial charge in [-0.25, -0.2) is 8.78 Å². The van der Waals surface area contributed by atoms with Gasteiger partial charge in [0.2, 0.25) is 0 Å². The van der Waals surface area contributed by atoms with Crippen LogP contribution in [0, 0.1) is 11.6 Å². The molecule has 17 heavy (non-hydrogen) atoms. The second-order valence-corrected chi connectivity index (χ2v) is 4.38. The highest BCUT2D eigenvalue weighted by atomic mass is 79.9. The van der Waals surface area contributed by atoms with Crippen molar-refractivity contribution in [3.63, 3.8) is 0 Å². The van der Waals surface area contributed by atoms with E-state index in [1.807, 2.05) is 6.07 Å². The Bertz CT molecular complexity index is 532. The summed E-state index contributed by atoms with van der Waals surface area (Å²) in [5, 5.41) is 2.82. The number of rotatable bonds is 3. The van der Waals surface area contributed by atoms with Crippen LogP contribution in [0.2, 0.25) is 0 Å². The first-order valence-corrected chi connectivity index (χ1v) is 5.73. The monoisotopic (exact) mass is 298 g/mol. The Balaban J connectivity index is 2.10. The van der Waals surface area contributed by atoms with E-state index in [0.29, 0.717) is 6.54 Å². The number of aromatic nitrogens is 1. The molecule has 0 aliphatic rings. The van der Waals surface area contributed by atoms with Gasteiger partial charge in [-0.2, -0.15) is 0 Å². The second-order valence-electron chi connectivity index (χ2n) is 3.47. The zero-order chi connectivity index (χ0) is 12.3. The van der Waals surface area contributed by atoms with Crippen LogP contribution in [0.3, 0.4) is 0 Å². The van der Waals surface area contributed by atoms with Crippen molar-refractivity contribution in [2.24, 2.45) is 0 Å². The molecule has 2 aromatic rings. The van der Waals surface area contributed by atoms with Crippen molar-refractivity contribution in [2.75, 3.05) is 5.32 Å². The Kier molecular flexibility index (Phi) is 3.68. The second kappa shape index (κ2) is 5.23. The zero-order valence-electron chi connectivity index (χ0n) is 8.75. The van der Waals surface area contributed by atoms with Gasteiger partial charge in [0.1, 0.15) is 0 Å². The van der Waals surface area contributed by atoms with E-state index in [1.54, 1.807) is 12.4 Å². The first kappa shape index (κ1) is 12.0. The number of anilines is 1. The molecule has 2 nitrogen and oxygen atoms in total. The molecule has 0 fully saturated rings. The average molecular weight is 299 g/mol. The number of halogens is 3. The van der Waals surface area contributed by atoms with Crippen LogP contribution in [0.1, 0.15) is 5.56 Å². The average Bonchev–Trinajstić information content (AvgIpc) is 2.31. The van der Waals surface area contributed by atoms with Crippen LogP contribution in [0.5, 0.6) is 0 Å². The molecule has 0 radical (unpaired) electrons. The lowest BCUT2D eigenvalue weighted by Gasteiger charge is -2.07. The molecule has 88 valence electrons. The predicted molar refractivity (Wildman–Crippen MR) is 65.6 cm³/mol. The summed E-state index contributed by atoms with van der Waals surface area (Å²) in [4.78, 5) is 3.98. The molecule has 0 unspecified atom stereocenters. The lowest BCUT2D eigenvalue weighted by molar-refractivity contribution is 0.511. The van der Waals surface area contributed by atoms with Gasteiger partial charge in [0.05, 0.1) is 5.69 Å². The molecule has 0 saturated carbocycles. The number of pyridine rings is 1. The van der Waals surface area contributed by atoms with Crippen LogP contribution in [0.4, 0.5) is 14.5 Å². The lowest BCUT2D eigenvalue weighted by atomic mass is 10.2. The van der Waals surface area contributed by atoms with E-state index in [9.17, 15) is 8.78 Å². The summed E-state index contributed by atoms with van der Waals surface area (Å²) in [5.74, 6) is -1.72. The molecular weight excluding hydrogens is 290 g/mol. The van der Waals surface area contributed by atoms with Gasteiger partial charge < -0.3 is 5.32 Å². The van der Waals surface area contributed by atoms with Gasteiger partial charge in [0.25, 0.3) is 0 Å². The maximum Gasteiger partial charge on any atom is 0.181 e. The van der Waals surface area contributed by atoms with Gasteiger partial charge in [-0.1, -0.05) is 6.07 Å². The summed E-state index contributed by atoms with van der Waals surface area (Å²) < 4.78 is 27.1. The fourth-order valence-corrected chi connectivity index (χ4v) is 1.80. The molecule has 1 heterocycles. The minimum atomic E-state index is -0.865. The standard InChI is InChI=1S/C12H9BrF2N2/c13-9-4-8(5-16-7-9)6-17-11-3-1-2-10(14)12(11)15/h1-5,7,17H,6H2. The Morgan fingerprint density at radius 3 is 2.82 bits per heavy atom. The van der Waals surface area contributed by atoms with Gasteiger partial charge in [0.15, 0.2) is 11.6 Å². The smallest absolute Gasteiger partial charge is 0.181 e. The van der Waals surface area contributed by atoms with Crippen molar-refractivity contribution in [1.82, 2.24) is 4.98 Å². The van der Waals surface area contributed by atoms with E-state index < -0.39 is 11.6 Å². The van der Waals surface area contributed by atoms with Gasteiger partial charge in [-0.3, -0.25) is 4.98 Å². The van der Waals surface area contributed by atoms with E-state index in [4.69, 9.17) is 0 Å². The summed E-state index contributed by atoms with van der Waals surface area (Å²) in [5.41, 5.74) is 1.02.